The van der Waals surface area contributed by atoms with E-state index in [1.54, 1.807) is 7.05 Å². The van der Waals surface area contributed by atoms with Gasteiger partial charge < -0.3 is 15.5 Å². The monoisotopic (exact) mass is 272 g/mol. The number of urea groups is 1. The second kappa shape index (κ2) is 9.75. The van der Waals surface area contributed by atoms with Crippen LogP contribution in [0.4, 0.5) is 4.79 Å². The van der Waals surface area contributed by atoms with Crippen LogP contribution >= 0.6 is 0 Å². The van der Waals surface area contributed by atoms with Crippen molar-refractivity contribution in [2.24, 2.45) is 5.92 Å². The van der Waals surface area contributed by atoms with Gasteiger partial charge in [0.2, 0.25) is 5.91 Å². The molecule has 0 aliphatic heterocycles. The summed E-state index contributed by atoms with van der Waals surface area (Å²) in [6.07, 6.45) is 0.763. The van der Waals surface area contributed by atoms with Gasteiger partial charge in [-0.15, -0.1) is 0 Å². The Morgan fingerprint density at radius 1 is 1.21 bits per heavy atom. The lowest BCUT2D eigenvalue weighted by molar-refractivity contribution is -0.131. The van der Waals surface area contributed by atoms with Crippen LogP contribution in [0.1, 0.15) is 20.3 Å². The molecule has 0 fully saturated rings. The maximum absolute atomic E-state index is 12.2. The number of rotatable bonds is 8. The molecule has 3 amide bonds. The lowest BCUT2D eigenvalue weighted by Crippen LogP contribution is -2.48. The smallest absolute Gasteiger partial charge is 0.324 e. The molecule has 0 saturated heterocycles. The Morgan fingerprint density at radius 2 is 1.84 bits per heavy atom. The molecule has 0 spiro atoms. The van der Waals surface area contributed by atoms with E-state index in [0.717, 1.165) is 13.0 Å². The van der Waals surface area contributed by atoms with E-state index < -0.39 is 0 Å². The van der Waals surface area contributed by atoms with Crippen LogP contribution in [0.2, 0.25) is 0 Å². The number of likely N-dealkylation sites (N-methyl/N-ethyl adjacent to an activating group) is 1. The second-order valence-corrected chi connectivity index (χ2v) is 4.98. The normalized spacial score (nSPS) is 12.3. The van der Waals surface area contributed by atoms with Gasteiger partial charge in [-0.1, -0.05) is 13.8 Å². The number of hydrogen-bond acceptors (Lipinski definition) is 4. The molecular weight excluding hydrogens is 244 g/mol. The zero-order valence-electron chi connectivity index (χ0n) is 12.8. The van der Waals surface area contributed by atoms with Gasteiger partial charge in [0.05, 0.1) is 0 Å². The minimum absolute atomic E-state index is 0.126. The highest BCUT2D eigenvalue weighted by Crippen LogP contribution is 2.03. The topological polar surface area (TPSA) is 64.7 Å². The Bertz CT molecular complexity index is 282. The molecule has 0 heterocycles. The van der Waals surface area contributed by atoms with Crippen molar-refractivity contribution in [2.75, 3.05) is 47.3 Å². The summed E-state index contributed by atoms with van der Waals surface area (Å²) in [5.74, 6) is -0.324. The predicted molar refractivity (Wildman–Crippen MR) is 77.0 cm³/mol. The van der Waals surface area contributed by atoms with Crippen molar-refractivity contribution in [3.63, 3.8) is 0 Å². The Morgan fingerprint density at radius 3 is 2.32 bits per heavy atom. The lowest BCUT2D eigenvalue weighted by Gasteiger charge is -2.24. The SMILES string of the molecule is CCCN(C(=O)NCCN(C)C)C(=O)C(C)CNC. The summed E-state index contributed by atoms with van der Waals surface area (Å²) in [5.41, 5.74) is 0. The van der Waals surface area contributed by atoms with Crippen molar-refractivity contribution in [2.45, 2.75) is 20.3 Å². The zero-order valence-corrected chi connectivity index (χ0v) is 12.8. The number of nitrogens with zero attached hydrogens (tertiary/aromatic N) is 2. The van der Waals surface area contributed by atoms with Gasteiger partial charge in [0, 0.05) is 32.1 Å². The van der Waals surface area contributed by atoms with Crippen molar-refractivity contribution < 1.29 is 9.59 Å². The standard InChI is InChI=1S/C13H28N4O2/c1-6-8-17(12(18)11(2)10-14-3)13(19)15-7-9-16(4)5/h11,14H,6-10H2,1-5H3,(H,15,19). The van der Waals surface area contributed by atoms with Gasteiger partial charge in [0.15, 0.2) is 0 Å². The summed E-state index contributed by atoms with van der Waals surface area (Å²) in [6.45, 7) is 6.11. The first kappa shape index (κ1) is 17.9. The molecule has 0 radical (unpaired) electrons. The first-order valence-electron chi connectivity index (χ1n) is 6.82. The summed E-state index contributed by atoms with van der Waals surface area (Å²) in [7, 11) is 5.68. The third kappa shape index (κ3) is 7.12. The first-order chi connectivity index (χ1) is 8.93. The van der Waals surface area contributed by atoms with Gasteiger partial charge in [0.25, 0.3) is 0 Å². The fourth-order valence-corrected chi connectivity index (χ4v) is 1.68. The maximum Gasteiger partial charge on any atom is 0.324 e. The van der Waals surface area contributed by atoms with Crippen LogP contribution in [0.25, 0.3) is 0 Å². The number of hydrogen-bond donors (Lipinski definition) is 2. The second-order valence-electron chi connectivity index (χ2n) is 4.98. The van der Waals surface area contributed by atoms with E-state index in [0.29, 0.717) is 19.6 Å². The minimum atomic E-state index is -0.295. The Hall–Kier alpha value is -1.14. The van der Waals surface area contributed by atoms with Gasteiger partial charge in [-0.25, -0.2) is 4.79 Å². The van der Waals surface area contributed by atoms with Crippen LogP contribution in [0.15, 0.2) is 0 Å². The zero-order chi connectivity index (χ0) is 14.8. The van der Waals surface area contributed by atoms with Crippen LogP contribution in [0, 0.1) is 5.92 Å². The fraction of sp³-hybridized carbons (Fsp3) is 0.846. The number of amides is 3. The van der Waals surface area contributed by atoms with Crippen LogP contribution in [-0.4, -0.2) is 69.1 Å². The molecule has 0 aliphatic carbocycles. The molecule has 0 rings (SSSR count). The Balaban J connectivity index is 4.44. The predicted octanol–water partition coefficient (Wildman–Crippen LogP) is 0.352. The van der Waals surface area contributed by atoms with E-state index in [1.165, 1.54) is 4.90 Å². The molecule has 1 atom stereocenters. The van der Waals surface area contributed by atoms with E-state index in [2.05, 4.69) is 10.6 Å². The van der Waals surface area contributed by atoms with Crippen LogP contribution in [0.5, 0.6) is 0 Å². The van der Waals surface area contributed by atoms with Crippen molar-refractivity contribution in [3.05, 3.63) is 0 Å². The molecule has 0 aliphatic rings. The van der Waals surface area contributed by atoms with Crippen molar-refractivity contribution >= 4 is 11.9 Å². The largest absolute Gasteiger partial charge is 0.336 e. The van der Waals surface area contributed by atoms with Crippen molar-refractivity contribution in [1.82, 2.24) is 20.4 Å². The summed E-state index contributed by atoms with van der Waals surface area (Å²) in [6, 6.07) is -0.295. The molecule has 6 nitrogen and oxygen atoms in total. The maximum atomic E-state index is 12.2. The Kier molecular flexibility index (Phi) is 9.16. The summed E-state index contributed by atoms with van der Waals surface area (Å²) < 4.78 is 0. The summed E-state index contributed by atoms with van der Waals surface area (Å²) >= 11 is 0. The number of carbonyl (C=O) groups is 2. The quantitative estimate of drug-likeness (QED) is 0.669. The number of imide groups is 1. The molecule has 0 aromatic carbocycles. The third-order valence-electron chi connectivity index (χ3n) is 2.73. The number of nitrogens with one attached hydrogen (secondary N) is 2. The van der Waals surface area contributed by atoms with Gasteiger partial charge in [-0.05, 0) is 27.6 Å². The molecule has 0 bridgehead atoms. The number of carbonyl (C=O) groups excluding carboxylic acids is 2. The van der Waals surface area contributed by atoms with Gasteiger partial charge in [0.1, 0.15) is 0 Å². The van der Waals surface area contributed by atoms with E-state index in [-0.39, 0.29) is 17.9 Å². The van der Waals surface area contributed by atoms with Gasteiger partial charge >= 0.3 is 6.03 Å². The average Bonchev–Trinajstić information content (AvgIpc) is 2.34. The molecule has 19 heavy (non-hydrogen) atoms. The highest BCUT2D eigenvalue weighted by Gasteiger charge is 2.24. The van der Waals surface area contributed by atoms with Crippen LogP contribution < -0.4 is 10.6 Å². The molecule has 0 aromatic heterocycles. The molecule has 0 saturated carbocycles. The molecular formula is C13H28N4O2. The van der Waals surface area contributed by atoms with E-state index in [4.69, 9.17) is 0 Å². The molecule has 112 valence electrons. The van der Waals surface area contributed by atoms with Gasteiger partial charge in [-0.2, -0.15) is 0 Å². The lowest BCUT2D eigenvalue weighted by atomic mass is 10.1. The molecule has 1 unspecified atom stereocenters. The summed E-state index contributed by atoms with van der Waals surface area (Å²) in [5, 5.41) is 5.74. The average molecular weight is 272 g/mol. The van der Waals surface area contributed by atoms with Gasteiger partial charge in [-0.3, -0.25) is 9.69 Å². The molecule has 0 aromatic rings. The Labute approximate surface area is 116 Å². The van der Waals surface area contributed by atoms with E-state index in [1.807, 2.05) is 32.8 Å². The highest BCUT2D eigenvalue weighted by atomic mass is 16.2. The van der Waals surface area contributed by atoms with Crippen molar-refractivity contribution in [3.8, 4) is 0 Å². The fourth-order valence-electron chi connectivity index (χ4n) is 1.68. The van der Waals surface area contributed by atoms with E-state index in [9.17, 15) is 9.59 Å². The molecule has 2 N–H and O–H groups in total. The highest BCUT2D eigenvalue weighted by molar-refractivity contribution is 5.95. The third-order valence-corrected chi connectivity index (χ3v) is 2.73. The van der Waals surface area contributed by atoms with Crippen molar-refractivity contribution in [1.29, 1.82) is 0 Å². The van der Waals surface area contributed by atoms with Crippen LogP contribution in [0.3, 0.4) is 0 Å². The first-order valence-corrected chi connectivity index (χ1v) is 6.82. The van der Waals surface area contributed by atoms with Crippen LogP contribution in [-0.2, 0) is 4.79 Å². The minimum Gasteiger partial charge on any atom is -0.336 e. The molecule has 6 heteroatoms. The van der Waals surface area contributed by atoms with E-state index >= 15 is 0 Å². The summed E-state index contributed by atoms with van der Waals surface area (Å²) in [4.78, 5) is 27.5.